The van der Waals surface area contributed by atoms with Crippen LogP contribution in [0.4, 0.5) is 10.5 Å². The molecule has 0 radical (unpaired) electrons. The van der Waals surface area contributed by atoms with E-state index >= 15 is 0 Å². The molecule has 0 saturated carbocycles. The van der Waals surface area contributed by atoms with Crippen molar-refractivity contribution in [1.82, 2.24) is 4.57 Å². The second kappa shape index (κ2) is 6.21. The Hall–Kier alpha value is -3.30. The van der Waals surface area contributed by atoms with Crippen molar-refractivity contribution in [2.75, 3.05) is 4.90 Å². The van der Waals surface area contributed by atoms with Gasteiger partial charge in [0.05, 0.1) is 27.7 Å². The van der Waals surface area contributed by atoms with Gasteiger partial charge in [-0.15, -0.1) is 0 Å². The van der Waals surface area contributed by atoms with Gasteiger partial charge in [-0.3, -0.25) is 9.59 Å². The number of fused-ring (bicyclic) bond motifs is 1. The molecule has 6 heteroatoms. The Labute approximate surface area is 154 Å². The van der Waals surface area contributed by atoms with E-state index in [1.807, 2.05) is 41.1 Å². The van der Waals surface area contributed by atoms with E-state index in [9.17, 15) is 9.59 Å². The zero-order chi connectivity index (χ0) is 18.3. The fraction of sp³-hybridized carbons (Fsp3) is 0.0500. The van der Waals surface area contributed by atoms with E-state index in [2.05, 4.69) is 12.6 Å². The zero-order valence-corrected chi connectivity index (χ0v) is 14.5. The summed E-state index contributed by atoms with van der Waals surface area (Å²) in [5.74, 6) is -0.368. The Morgan fingerprint density at radius 3 is 2.50 bits per heavy atom. The molecule has 1 aliphatic rings. The lowest BCUT2D eigenvalue weighted by Crippen LogP contribution is -2.27. The zero-order valence-electron chi connectivity index (χ0n) is 13.7. The van der Waals surface area contributed by atoms with Crippen molar-refractivity contribution in [3.8, 4) is 6.07 Å². The molecule has 1 aromatic heterocycles. The average molecular weight is 359 g/mol. The van der Waals surface area contributed by atoms with Gasteiger partial charge in [0.2, 0.25) is 0 Å². The Balaban J connectivity index is 1.73. The van der Waals surface area contributed by atoms with E-state index in [4.69, 9.17) is 5.26 Å². The molecule has 4 rings (SSSR count). The number of aromatic nitrogens is 1. The van der Waals surface area contributed by atoms with Gasteiger partial charge in [-0.25, -0.2) is 4.90 Å². The minimum Gasteiger partial charge on any atom is -0.343 e. The van der Waals surface area contributed by atoms with Gasteiger partial charge in [0, 0.05) is 18.1 Å². The van der Waals surface area contributed by atoms with Crippen LogP contribution in [0, 0.1) is 11.3 Å². The molecule has 0 bridgehead atoms. The second-order valence-electron chi connectivity index (χ2n) is 5.89. The van der Waals surface area contributed by atoms with Crippen LogP contribution in [0.5, 0.6) is 0 Å². The number of anilines is 1. The lowest BCUT2D eigenvalue weighted by molar-refractivity contribution is -0.113. The van der Waals surface area contributed by atoms with Crippen molar-refractivity contribution in [3.63, 3.8) is 0 Å². The highest BCUT2D eigenvalue weighted by Crippen LogP contribution is 2.37. The lowest BCUT2D eigenvalue weighted by Gasteiger charge is -2.14. The first-order valence-corrected chi connectivity index (χ1v) is 8.72. The Bertz CT molecular complexity index is 1110. The van der Waals surface area contributed by atoms with E-state index < -0.39 is 0 Å². The van der Waals surface area contributed by atoms with Crippen molar-refractivity contribution in [1.29, 1.82) is 5.26 Å². The topological polar surface area (TPSA) is 66.1 Å². The molecule has 2 heterocycles. The summed E-state index contributed by atoms with van der Waals surface area (Å²) in [7, 11) is 0. The number of thioether (sulfide) groups is 1. The predicted molar refractivity (Wildman–Crippen MR) is 102 cm³/mol. The molecule has 1 fully saturated rings. The standard InChI is InChI=1S/C20H13N3O2S/c1-13-19(24)23(20(25)26-13)18-4-2-3-17-16(18)9-10-22(17)12-15-7-5-14(11-21)6-8-15/h2-10H,1,12H2. The molecular weight excluding hydrogens is 346 g/mol. The predicted octanol–water partition coefficient (Wildman–Crippen LogP) is 4.27. The quantitative estimate of drug-likeness (QED) is 0.655. The summed E-state index contributed by atoms with van der Waals surface area (Å²) in [6.45, 7) is 4.27. The molecular formula is C20H13N3O2S. The van der Waals surface area contributed by atoms with Gasteiger partial charge in [-0.1, -0.05) is 24.8 Å². The van der Waals surface area contributed by atoms with Gasteiger partial charge in [0.15, 0.2) is 0 Å². The number of rotatable bonds is 3. The van der Waals surface area contributed by atoms with E-state index in [1.54, 1.807) is 18.2 Å². The number of hydrogen-bond acceptors (Lipinski definition) is 4. The van der Waals surface area contributed by atoms with Crippen LogP contribution in [0.3, 0.4) is 0 Å². The maximum atomic E-state index is 12.3. The molecule has 0 aliphatic carbocycles. The monoisotopic (exact) mass is 359 g/mol. The molecule has 0 spiro atoms. The smallest absolute Gasteiger partial charge is 0.298 e. The van der Waals surface area contributed by atoms with Crippen molar-refractivity contribution >= 4 is 39.5 Å². The molecule has 0 unspecified atom stereocenters. The molecule has 1 saturated heterocycles. The largest absolute Gasteiger partial charge is 0.343 e. The second-order valence-corrected chi connectivity index (χ2v) is 6.94. The fourth-order valence-corrected chi connectivity index (χ4v) is 3.69. The third-order valence-electron chi connectivity index (χ3n) is 4.30. The summed E-state index contributed by atoms with van der Waals surface area (Å²) in [5, 5.41) is 9.40. The molecule has 2 amide bonds. The first kappa shape index (κ1) is 16.2. The summed E-state index contributed by atoms with van der Waals surface area (Å²) in [6.07, 6.45) is 1.93. The number of carbonyl (C=O) groups excluding carboxylic acids is 2. The number of nitriles is 1. The maximum Gasteiger partial charge on any atom is 0.298 e. The normalized spacial score (nSPS) is 14.3. The summed E-state index contributed by atoms with van der Waals surface area (Å²) in [6, 6.07) is 17.0. The number of benzene rings is 2. The van der Waals surface area contributed by atoms with Crippen LogP contribution in [-0.2, 0) is 11.3 Å². The maximum absolute atomic E-state index is 12.3. The Morgan fingerprint density at radius 1 is 1.08 bits per heavy atom. The van der Waals surface area contributed by atoms with Crippen LogP contribution < -0.4 is 4.90 Å². The summed E-state index contributed by atoms with van der Waals surface area (Å²) in [5.41, 5.74) is 3.18. The number of carbonyl (C=O) groups is 2. The van der Waals surface area contributed by atoms with Crippen LogP contribution in [0.15, 0.2) is 66.2 Å². The summed E-state index contributed by atoms with van der Waals surface area (Å²) >= 11 is 0.863. The van der Waals surface area contributed by atoms with Gasteiger partial charge in [-0.05, 0) is 47.7 Å². The minimum absolute atomic E-state index is 0.240. The highest BCUT2D eigenvalue weighted by Gasteiger charge is 2.36. The number of hydrogen-bond donors (Lipinski definition) is 0. The summed E-state index contributed by atoms with van der Waals surface area (Å²) < 4.78 is 2.05. The van der Waals surface area contributed by atoms with Crippen molar-refractivity contribution < 1.29 is 9.59 Å². The van der Waals surface area contributed by atoms with Gasteiger partial charge in [-0.2, -0.15) is 5.26 Å². The van der Waals surface area contributed by atoms with Crippen molar-refractivity contribution in [3.05, 3.63) is 77.3 Å². The molecule has 0 N–H and O–H groups in total. The van der Waals surface area contributed by atoms with Crippen LogP contribution in [0.1, 0.15) is 11.1 Å². The third-order valence-corrected chi connectivity index (χ3v) is 5.08. The molecule has 126 valence electrons. The Morgan fingerprint density at radius 2 is 1.85 bits per heavy atom. The molecule has 1 aliphatic heterocycles. The van der Waals surface area contributed by atoms with Crippen molar-refractivity contribution in [2.45, 2.75) is 6.54 Å². The van der Waals surface area contributed by atoms with E-state index in [1.165, 1.54) is 4.90 Å². The van der Waals surface area contributed by atoms with E-state index in [-0.39, 0.29) is 16.1 Å². The SMILES string of the molecule is C=C1SC(=O)N(c2cccc3c2ccn3Cc2ccc(C#N)cc2)C1=O. The van der Waals surface area contributed by atoms with Crippen LogP contribution in [0.25, 0.3) is 10.9 Å². The molecule has 0 atom stereocenters. The van der Waals surface area contributed by atoms with E-state index in [0.717, 1.165) is 28.2 Å². The van der Waals surface area contributed by atoms with Gasteiger partial charge in [0.1, 0.15) is 0 Å². The van der Waals surface area contributed by atoms with Crippen LogP contribution in [0.2, 0.25) is 0 Å². The molecule has 26 heavy (non-hydrogen) atoms. The first-order chi connectivity index (χ1) is 12.6. The first-order valence-electron chi connectivity index (χ1n) is 7.90. The molecule has 2 aromatic carbocycles. The molecule has 3 aromatic rings. The number of imide groups is 1. The Kier molecular flexibility index (Phi) is 3.86. The van der Waals surface area contributed by atoms with Gasteiger partial charge in [0.25, 0.3) is 11.1 Å². The highest BCUT2D eigenvalue weighted by atomic mass is 32.2. The molecule has 5 nitrogen and oxygen atoms in total. The number of nitrogens with zero attached hydrogens (tertiary/aromatic N) is 3. The fourth-order valence-electron chi connectivity index (χ4n) is 3.03. The van der Waals surface area contributed by atoms with Crippen LogP contribution >= 0.6 is 11.8 Å². The minimum atomic E-state index is -0.368. The van der Waals surface area contributed by atoms with Gasteiger partial charge < -0.3 is 4.57 Å². The number of amides is 2. The van der Waals surface area contributed by atoms with Crippen molar-refractivity contribution in [2.24, 2.45) is 0 Å². The van der Waals surface area contributed by atoms with E-state index in [0.29, 0.717) is 17.8 Å². The average Bonchev–Trinajstić information content (AvgIpc) is 3.16. The lowest BCUT2D eigenvalue weighted by atomic mass is 10.1. The third kappa shape index (κ3) is 2.59. The van der Waals surface area contributed by atoms with Crippen LogP contribution in [-0.4, -0.2) is 15.7 Å². The van der Waals surface area contributed by atoms with Gasteiger partial charge >= 0.3 is 0 Å². The highest BCUT2D eigenvalue weighted by molar-refractivity contribution is 8.18. The summed E-state index contributed by atoms with van der Waals surface area (Å²) in [4.78, 5) is 25.9.